The molecule has 0 saturated heterocycles. The Morgan fingerprint density at radius 2 is 1.15 bits per heavy atom. The van der Waals surface area contributed by atoms with Crippen LogP contribution in [-0.2, 0) is 0 Å². The van der Waals surface area contributed by atoms with Crippen molar-refractivity contribution >= 4 is 6.16 Å². The summed E-state index contributed by atoms with van der Waals surface area (Å²) in [6, 6.07) is 15.6. The quantitative estimate of drug-likeness (QED) is 0.533. The summed E-state index contributed by atoms with van der Waals surface area (Å²) in [6.45, 7) is 2.07. The molecule has 0 aromatic heterocycles. The van der Waals surface area contributed by atoms with Gasteiger partial charge in [0.2, 0.25) is 0 Å². The molecule has 1 N–H and O–H groups in total. The summed E-state index contributed by atoms with van der Waals surface area (Å²) < 4.78 is 0. The molecule has 0 atom stereocenters. The minimum Gasteiger partial charge on any atom is -0.652 e. The van der Waals surface area contributed by atoms with Crippen molar-refractivity contribution in [3.05, 3.63) is 54.1 Å². The molecule has 0 spiro atoms. The Labute approximate surface area is 162 Å². The summed E-state index contributed by atoms with van der Waals surface area (Å²) in [5.41, 5.74) is 3.56. The Morgan fingerprint density at radius 3 is 1.50 bits per heavy atom. The summed E-state index contributed by atoms with van der Waals surface area (Å²) >= 11 is 0. The number of carboxylic acid groups (broad SMARTS) is 2. The van der Waals surface area contributed by atoms with E-state index in [9.17, 15) is 0 Å². The third kappa shape index (κ3) is 8.64. The van der Waals surface area contributed by atoms with Gasteiger partial charge in [0.1, 0.15) is 5.75 Å². The van der Waals surface area contributed by atoms with Crippen molar-refractivity contribution in [1.29, 1.82) is 0 Å². The van der Waals surface area contributed by atoms with Crippen LogP contribution in [0, 0.1) is 6.92 Å². The second kappa shape index (κ2) is 11.2. The minimum atomic E-state index is -2.33. The van der Waals surface area contributed by atoms with Crippen molar-refractivity contribution in [3.63, 3.8) is 0 Å². The molecule has 6 heteroatoms. The normalized spacial score (nSPS) is 8.25. The van der Waals surface area contributed by atoms with Crippen LogP contribution in [-0.4, -0.2) is 11.3 Å². The van der Waals surface area contributed by atoms with Crippen molar-refractivity contribution in [3.8, 4) is 16.9 Å². The number of phenols is 1. The molecule has 0 bridgehead atoms. The Bertz CT molecular complexity index is 462. The van der Waals surface area contributed by atoms with E-state index in [0.717, 1.165) is 5.56 Å². The van der Waals surface area contributed by atoms with Gasteiger partial charge in [-0.05, 0) is 36.3 Å². The van der Waals surface area contributed by atoms with Crippen molar-refractivity contribution < 1.29 is 79.2 Å². The van der Waals surface area contributed by atoms with Gasteiger partial charge in [-0.3, -0.25) is 0 Å². The van der Waals surface area contributed by atoms with Gasteiger partial charge in [-0.15, -0.1) is 0 Å². The van der Waals surface area contributed by atoms with Crippen molar-refractivity contribution in [2.75, 3.05) is 0 Å². The van der Waals surface area contributed by atoms with Crippen LogP contribution in [0.5, 0.6) is 5.75 Å². The monoisotopic (exact) mass is 290 g/mol. The molecule has 20 heavy (non-hydrogen) atoms. The van der Waals surface area contributed by atoms with Crippen LogP contribution < -0.4 is 69.3 Å². The van der Waals surface area contributed by atoms with E-state index in [4.69, 9.17) is 20.1 Å². The molecule has 0 aliphatic rings. The fraction of sp³-hybridized carbons (Fsp3) is 0.0714. The number of benzene rings is 2. The van der Waals surface area contributed by atoms with Crippen molar-refractivity contribution in [1.82, 2.24) is 0 Å². The largest absolute Gasteiger partial charge is 1.00 e. The smallest absolute Gasteiger partial charge is 0.652 e. The number of phenolic OH excluding ortho intramolecular Hbond substituents is 1. The molecule has 0 amide bonds. The summed E-state index contributed by atoms with van der Waals surface area (Å²) in [4.78, 5) is 8.33. The number of aryl methyl sites for hydroxylation is 1. The van der Waals surface area contributed by atoms with Gasteiger partial charge in [-0.2, -0.15) is 0 Å². The third-order valence-corrected chi connectivity index (χ3v) is 2.25. The summed E-state index contributed by atoms with van der Waals surface area (Å²) in [6.07, 6.45) is -2.33. The Kier molecular flexibility index (Phi) is 12.2. The molecule has 2 aromatic rings. The second-order valence-electron chi connectivity index (χ2n) is 3.66. The van der Waals surface area contributed by atoms with E-state index in [2.05, 4.69) is 31.2 Å². The molecule has 2 rings (SSSR count). The van der Waals surface area contributed by atoms with Gasteiger partial charge in [-0.25, -0.2) is 0 Å². The number of rotatable bonds is 1. The Balaban J connectivity index is 0. The summed E-state index contributed by atoms with van der Waals surface area (Å²) in [5.74, 6) is 0.306. The topological polar surface area (TPSA) is 83.4 Å². The van der Waals surface area contributed by atoms with Gasteiger partial charge in [0.25, 0.3) is 0 Å². The average molecular weight is 290 g/mol. The second-order valence-corrected chi connectivity index (χ2v) is 3.66. The number of hydrogen-bond acceptors (Lipinski definition) is 4. The summed E-state index contributed by atoms with van der Waals surface area (Å²) in [7, 11) is 0. The van der Waals surface area contributed by atoms with Crippen LogP contribution in [0.1, 0.15) is 5.56 Å². The van der Waals surface area contributed by atoms with Gasteiger partial charge in [0.05, 0.1) is 0 Å². The van der Waals surface area contributed by atoms with E-state index in [1.54, 1.807) is 12.1 Å². The van der Waals surface area contributed by atoms with E-state index in [0.29, 0.717) is 5.75 Å². The van der Waals surface area contributed by atoms with Crippen LogP contribution >= 0.6 is 0 Å². The molecule has 94 valence electrons. The molecule has 0 aliphatic carbocycles. The Morgan fingerprint density at radius 1 is 0.850 bits per heavy atom. The maximum atomic E-state index is 9.15. The molecule has 0 fully saturated rings. The van der Waals surface area contributed by atoms with E-state index >= 15 is 0 Å². The van der Waals surface area contributed by atoms with Gasteiger partial charge < -0.3 is 20.1 Å². The Hall–Kier alpha value is -0.490. The number of carbonyl (C=O) groups is 1. The van der Waals surface area contributed by atoms with Gasteiger partial charge in [0, 0.05) is 0 Å². The molecule has 0 aliphatic heterocycles. The van der Waals surface area contributed by atoms with Crippen LogP contribution in [0.15, 0.2) is 48.5 Å². The zero-order chi connectivity index (χ0) is 13.5. The maximum Gasteiger partial charge on any atom is 1.00 e. The number of hydrogen-bond donors (Lipinski definition) is 1. The van der Waals surface area contributed by atoms with Crippen LogP contribution in [0.25, 0.3) is 11.1 Å². The summed E-state index contributed by atoms with van der Waals surface area (Å²) in [5, 5.41) is 25.8. The zero-order valence-corrected chi connectivity index (χ0v) is 15.8. The average Bonchev–Trinajstić information content (AvgIpc) is 2.31. The SMILES string of the molecule is Cc1ccc(-c2ccc(O)cc2)cc1.O=C([O-])[O-].[Na+].[Na+]. The molecule has 0 heterocycles. The van der Waals surface area contributed by atoms with Crippen LogP contribution in [0.3, 0.4) is 0 Å². The predicted octanol–water partition coefficient (Wildman–Crippen LogP) is -5.07. The minimum absolute atomic E-state index is 0. The molecule has 4 nitrogen and oxygen atoms in total. The van der Waals surface area contributed by atoms with E-state index in [1.807, 2.05) is 12.1 Å². The van der Waals surface area contributed by atoms with Crippen molar-refractivity contribution in [2.45, 2.75) is 6.92 Å². The first-order chi connectivity index (χ1) is 8.49. The fourth-order valence-corrected chi connectivity index (χ4v) is 1.40. The van der Waals surface area contributed by atoms with Crippen molar-refractivity contribution in [2.24, 2.45) is 0 Å². The first-order valence-electron chi connectivity index (χ1n) is 5.23. The molecular formula is C14H12Na2O4. The van der Waals surface area contributed by atoms with E-state index in [1.165, 1.54) is 11.1 Å². The molecule has 0 unspecified atom stereocenters. The molecule has 2 aromatic carbocycles. The zero-order valence-electron chi connectivity index (χ0n) is 11.8. The predicted molar refractivity (Wildman–Crippen MR) is 63.7 cm³/mol. The molecule has 0 radical (unpaired) electrons. The van der Waals surface area contributed by atoms with Crippen LogP contribution in [0.2, 0.25) is 0 Å². The van der Waals surface area contributed by atoms with Crippen LogP contribution in [0.4, 0.5) is 4.79 Å². The number of carbonyl (C=O) groups excluding carboxylic acids is 1. The molecular weight excluding hydrogens is 278 g/mol. The number of aromatic hydroxyl groups is 1. The molecule has 0 saturated carbocycles. The first-order valence-corrected chi connectivity index (χ1v) is 5.23. The third-order valence-electron chi connectivity index (χ3n) is 2.25. The fourth-order valence-electron chi connectivity index (χ4n) is 1.40. The standard InChI is InChI=1S/C13H12O.CH2O3.2Na/c1-10-2-4-11(5-3-10)12-6-8-13(14)9-7-12;2-1(3)4;;/h2-9,14H,1H3;(H2,2,3,4);;/q;;2*+1/p-2. The van der Waals surface area contributed by atoms with E-state index in [-0.39, 0.29) is 59.1 Å². The van der Waals surface area contributed by atoms with Gasteiger partial charge >= 0.3 is 59.1 Å². The van der Waals surface area contributed by atoms with Gasteiger partial charge in [-0.1, -0.05) is 42.0 Å². The first kappa shape index (κ1) is 21.8. The maximum absolute atomic E-state index is 9.15. The van der Waals surface area contributed by atoms with E-state index < -0.39 is 6.16 Å². The van der Waals surface area contributed by atoms with Gasteiger partial charge in [0.15, 0.2) is 0 Å².